The molecule has 2 fully saturated rings. The van der Waals surface area contributed by atoms with Crippen LogP contribution in [0.3, 0.4) is 0 Å². The van der Waals surface area contributed by atoms with Crippen LogP contribution < -0.4 is 0 Å². The van der Waals surface area contributed by atoms with Gasteiger partial charge >= 0.3 is 0 Å². The Bertz CT molecular complexity index is 538. The molecule has 3 aliphatic rings. The Labute approximate surface area is 150 Å². The molecule has 0 aromatic rings. The second-order valence-corrected chi connectivity index (χ2v) is 9.33. The number of hydrogen-bond donors (Lipinski definition) is 4. The minimum atomic E-state index is -1.29. The van der Waals surface area contributed by atoms with Gasteiger partial charge in [0, 0.05) is 5.92 Å². The molecule has 0 spiro atoms. The van der Waals surface area contributed by atoms with Gasteiger partial charge in [-0.15, -0.1) is 0 Å². The second-order valence-electron chi connectivity index (χ2n) is 9.33. The monoisotopic (exact) mass is 354 g/mol. The van der Waals surface area contributed by atoms with Crippen molar-refractivity contribution in [2.24, 2.45) is 23.7 Å². The molecule has 3 rings (SSSR count). The van der Waals surface area contributed by atoms with Crippen LogP contribution in [-0.2, 0) is 4.74 Å². The Balaban J connectivity index is 2.12. The summed E-state index contributed by atoms with van der Waals surface area (Å²) < 4.78 is 6.32. The number of hydrogen-bond acceptors (Lipinski definition) is 5. The highest BCUT2D eigenvalue weighted by Crippen LogP contribution is 2.55. The van der Waals surface area contributed by atoms with E-state index in [1.807, 2.05) is 13.0 Å². The van der Waals surface area contributed by atoms with Crippen molar-refractivity contribution in [1.29, 1.82) is 0 Å². The van der Waals surface area contributed by atoms with E-state index < -0.39 is 35.6 Å². The quantitative estimate of drug-likeness (QED) is 0.537. The van der Waals surface area contributed by atoms with Crippen LogP contribution in [0.1, 0.15) is 53.9 Å². The minimum absolute atomic E-state index is 0.0299. The molecule has 4 N–H and O–H groups in total. The van der Waals surface area contributed by atoms with Gasteiger partial charge in [-0.25, -0.2) is 0 Å². The standard InChI is InChI=1S/C20H34O5/c1-10(2)12-9-15(22)20(5,24)17-14-8-11(3)13(21)6-7-19(4,23)18(25-14)16(12)17/h8,10,12-18,21-24H,6-7,9H2,1-5H3. The minimum Gasteiger partial charge on any atom is -0.390 e. The molecule has 1 saturated carbocycles. The fraction of sp³-hybridized carbons (Fsp3) is 0.900. The zero-order chi connectivity index (χ0) is 18.7. The van der Waals surface area contributed by atoms with Crippen LogP contribution >= 0.6 is 0 Å². The van der Waals surface area contributed by atoms with Crippen molar-refractivity contribution in [3.63, 3.8) is 0 Å². The lowest BCUT2D eigenvalue weighted by Crippen LogP contribution is -2.60. The third kappa shape index (κ3) is 3.08. The first-order valence-corrected chi connectivity index (χ1v) is 9.61. The van der Waals surface area contributed by atoms with Gasteiger partial charge in [0.1, 0.15) is 0 Å². The van der Waals surface area contributed by atoms with E-state index >= 15 is 0 Å². The van der Waals surface area contributed by atoms with Crippen LogP contribution in [0.15, 0.2) is 11.6 Å². The maximum atomic E-state index is 11.2. The highest BCUT2D eigenvalue weighted by molar-refractivity contribution is 5.20. The van der Waals surface area contributed by atoms with Gasteiger partial charge in [0.05, 0.1) is 35.6 Å². The number of fused-ring (bicyclic) bond motifs is 5. The van der Waals surface area contributed by atoms with Crippen molar-refractivity contribution < 1.29 is 25.2 Å². The Hall–Kier alpha value is -0.460. The predicted octanol–water partition coefficient (Wildman–Crippen LogP) is 1.63. The molecule has 0 aromatic carbocycles. The van der Waals surface area contributed by atoms with E-state index in [4.69, 9.17) is 4.74 Å². The number of rotatable bonds is 1. The highest BCUT2D eigenvalue weighted by atomic mass is 16.5. The van der Waals surface area contributed by atoms with Gasteiger partial charge < -0.3 is 25.2 Å². The third-order valence-electron chi connectivity index (χ3n) is 7.11. The lowest BCUT2D eigenvalue weighted by Gasteiger charge is -2.50. The lowest BCUT2D eigenvalue weighted by atomic mass is 9.57. The van der Waals surface area contributed by atoms with E-state index in [2.05, 4.69) is 13.8 Å². The van der Waals surface area contributed by atoms with Crippen molar-refractivity contribution in [3.8, 4) is 0 Å². The lowest BCUT2D eigenvalue weighted by molar-refractivity contribution is -0.167. The van der Waals surface area contributed by atoms with E-state index in [9.17, 15) is 20.4 Å². The van der Waals surface area contributed by atoms with Crippen molar-refractivity contribution in [2.75, 3.05) is 0 Å². The summed E-state index contributed by atoms with van der Waals surface area (Å²) in [6.07, 6.45) is 1.07. The maximum absolute atomic E-state index is 11.2. The molecule has 0 amide bonds. The third-order valence-corrected chi connectivity index (χ3v) is 7.11. The van der Waals surface area contributed by atoms with Crippen LogP contribution in [0.5, 0.6) is 0 Å². The summed E-state index contributed by atoms with van der Waals surface area (Å²) in [4.78, 5) is 0. The zero-order valence-electron chi connectivity index (χ0n) is 16.0. The topological polar surface area (TPSA) is 90.2 Å². The van der Waals surface area contributed by atoms with Gasteiger partial charge in [0.2, 0.25) is 0 Å². The average Bonchev–Trinajstić information content (AvgIpc) is 2.89. The van der Waals surface area contributed by atoms with Gasteiger partial charge in [-0.05, 0) is 63.4 Å². The SMILES string of the molecule is CC1=CC2OC(C3C(C(C)C)CC(O)C(C)(O)C23)C(C)(O)CCC1O. The smallest absolute Gasteiger partial charge is 0.0937 e. The van der Waals surface area contributed by atoms with E-state index in [-0.39, 0.29) is 17.8 Å². The fourth-order valence-electron chi connectivity index (χ4n) is 5.43. The summed E-state index contributed by atoms with van der Waals surface area (Å²) in [7, 11) is 0. The molecule has 9 atom stereocenters. The number of ether oxygens (including phenoxy) is 1. The van der Waals surface area contributed by atoms with Crippen molar-refractivity contribution in [3.05, 3.63) is 11.6 Å². The second kappa shape index (κ2) is 6.31. The first kappa shape index (κ1) is 19.3. The number of aliphatic hydroxyl groups is 4. The molecule has 2 bridgehead atoms. The molecular formula is C20H34O5. The summed E-state index contributed by atoms with van der Waals surface area (Å²) in [5.41, 5.74) is -1.56. The Morgan fingerprint density at radius 1 is 1.20 bits per heavy atom. The first-order chi connectivity index (χ1) is 11.5. The van der Waals surface area contributed by atoms with Crippen LogP contribution in [0.2, 0.25) is 0 Å². The molecule has 2 heterocycles. The summed E-state index contributed by atoms with van der Waals surface area (Å²) in [5.74, 6) is 0.148. The number of aliphatic hydroxyl groups excluding tert-OH is 2. The summed E-state index contributed by atoms with van der Waals surface area (Å²) >= 11 is 0. The van der Waals surface area contributed by atoms with Crippen LogP contribution in [0.4, 0.5) is 0 Å². The van der Waals surface area contributed by atoms with Gasteiger partial charge in [0.25, 0.3) is 0 Å². The van der Waals surface area contributed by atoms with Crippen molar-refractivity contribution in [2.45, 2.75) is 89.5 Å². The summed E-state index contributed by atoms with van der Waals surface area (Å²) in [6.45, 7) is 9.59. The largest absolute Gasteiger partial charge is 0.390 e. The van der Waals surface area contributed by atoms with Crippen molar-refractivity contribution >= 4 is 0 Å². The van der Waals surface area contributed by atoms with Gasteiger partial charge in [-0.1, -0.05) is 19.9 Å². The van der Waals surface area contributed by atoms with Crippen molar-refractivity contribution in [1.82, 2.24) is 0 Å². The molecule has 144 valence electrons. The molecule has 0 radical (unpaired) electrons. The highest BCUT2D eigenvalue weighted by Gasteiger charge is 2.63. The molecule has 0 aromatic heterocycles. The van der Waals surface area contributed by atoms with Crippen LogP contribution in [-0.4, -0.2) is 56.0 Å². The fourth-order valence-corrected chi connectivity index (χ4v) is 5.43. The Morgan fingerprint density at radius 2 is 1.84 bits per heavy atom. The maximum Gasteiger partial charge on any atom is 0.0937 e. The first-order valence-electron chi connectivity index (χ1n) is 9.61. The Kier molecular flexibility index (Phi) is 4.87. The molecule has 2 aliphatic heterocycles. The van der Waals surface area contributed by atoms with Gasteiger partial charge in [-0.2, -0.15) is 0 Å². The Morgan fingerprint density at radius 3 is 2.44 bits per heavy atom. The molecular weight excluding hydrogens is 320 g/mol. The summed E-state index contributed by atoms with van der Waals surface area (Å²) in [5, 5.41) is 43.3. The average molecular weight is 354 g/mol. The zero-order valence-corrected chi connectivity index (χ0v) is 16.0. The van der Waals surface area contributed by atoms with Gasteiger partial charge in [-0.3, -0.25) is 0 Å². The van der Waals surface area contributed by atoms with Crippen LogP contribution in [0.25, 0.3) is 0 Å². The van der Waals surface area contributed by atoms with E-state index in [0.717, 1.165) is 5.57 Å². The molecule has 25 heavy (non-hydrogen) atoms. The van der Waals surface area contributed by atoms with E-state index in [1.54, 1.807) is 13.8 Å². The molecule has 1 saturated heterocycles. The van der Waals surface area contributed by atoms with E-state index in [0.29, 0.717) is 25.2 Å². The molecule has 5 heteroatoms. The normalized spacial score (nSPS) is 53.7. The molecule has 1 aliphatic carbocycles. The molecule has 9 unspecified atom stereocenters. The molecule has 5 nitrogen and oxygen atoms in total. The summed E-state index contributed by atoms with van der Waals surface area (Å²) in [6, 6.07) is 0. The van der Waals surface area contributed by atoms with Crippen LogP contribution in [0, 0.1) is 23.7 Å². The van der Waals surface area contributed by atoms with Gasteiger partial charge in [0.15, 0.2) is 0 Å². The van der Waals surface area contributed by atoms with E-state index in [1.165, 1.54) is 0 Å². The predicted molar refractivity (Wildman–Crippen MR) is 94.8 cm³/mol.